The van der Waals surface area contributed by atoms with Crippen LogP contribution in [-0.4, -0.2) is 9.78 Å². The van der Waals surface area contributed by atoms with E-state index in [9.17, 15) is 10.1 Å². The number of aromatic nitrogens is 2. The van der Waals surface area contributed by atoms with Crippen LogP contribution in [0.5, 0.6) is 0 Å². The number of benzene rings is 3. The van der Waals surface area contributed by atoms with Gasteiger partial charge in [0, 0.05) is 11.3 Å². The van der Waals surface area contributed by atoms with Crippen LogP contribution in [0, 0.1) is 18.3 Å². The van der Waals surface area contributed by atoms with Crippen LogP contribution in [0.25, 0.3) is 16.8 Å². The summed E-state index contributed by atoms with van der Waals surface area (Å²) in [4.78, 5) is 13.3. The Kier molecular flexibility index (Phi) is 4.96. The highest BCUT2D eigenvalue weighted by atomic mass is 16.1. The number of hydrogen-bond donors (Lipinski definition) is 1. The molecule has 4 rings (SSSR count). The number of aryl methyl sites for hydroxylation is 1. The number of nitrogens with one attached hydrogen (secondary N) is 1. The molecule has 0 saturated carbocycles. The van der Waals surface area contributed by atoms with Crippen molar-refractivity contribution in [3.05, 3.63) is 124 Å². The number of allylic oxidation sites excluding steroid dienone is 1. The largest absolute Gasteiger partial charge is 0.295 e. The van der Waals surface area contributed by atoms with Crippen LogP contribution in [0.1, 0.15) is 22.4 Å². The number of hydrogen-bond acceptors (Lipinski definition) is 2. The number of nitriles is 1. The maximum Gasteiger partial charge on any atom is 0.280 e. The van der Waals surface area contributed by atoms with Crippen LogP contribution >= 0.6 is 0 Å². The second-order valence-corrected chi connectivity index (χ2v) is 6.68. The molecular weight excluding hydrogens is 358 g/mol. The van der Waals surface area contributed by atoms with Crippen molar-refractivity contribution in [3.63, 3.8) is 0 Å². The van der Waals surface area contributed by atoms with E-state index in [1.165, 1.54) is 4.68 Å². The minimum Gasteiger partial charge on any atom is -0.295 e. The summed E-state index contributed by atoms with van der Waals surface area (Å²) in [5.74, 6) is 0. The summed E-state index contributed by atoms with van der Waals surface area (Å²) in [6.45, 7) is 1.82. The Morgan fingerprint density at radius 1 is 0.828 bits per heavy atom. The lowest BCUT2D eigenvalue weighted by Gasteiger charge is -2.11. The average molecular weight is 377 g/mol. The number of nitrogens with zero attached hydrogens (tertiary/aromatic N) is 2. The van der Waals surface area contributed by atoms with Gasteiger partial charge in [0.25, 0.3) is 5.56 Å². The van der Waals surface area contributed by atoms with E-state index in [2.05, 4.69) is 11.2 Å². The first-order valence-electron chi connectivity index (χ1n) is 9.33. The molecule has 0 aliphatic carbocycles. The van der Waals surface area contributed by atoms with E-state index in [1.54, 1.807) is 0 Å². The third kappa shape index (κ3) is 3.42. The van der Waals surface area contributed by atoms with Crippen molar-refractivity contribution in [1.82, 2.24) is 9.78 Å². The minimum atomic E-state index is -0.241. The quantitative estimate of drug-likeness (QED) is 0.511. The maximum absolute atomic E-state index is 13.3. The van der Waals surface area contributed by atoms with Crippen LogP contribution in [0.2, 0.25) is 0 Å². The predicted octanol–water partition coefficient (Wildman–Crippen LogP) is 4.96. The number of para-hydroxylation sites is 1. The Bertz CT molecular complexity index is 1220. The molecule has 1 aromatic heterocycles. The lowest BCUT2D eigenvalue weighted by Crippen LogP contribution is -2.17. The van der Waals surface area contributed by atoms with Gasteiger partial charge < -0.3 is 0 Å². The summed E-state index contributed by atoms with van der Waals surface area (Å²) in [7, 11) is 0. The SMILES string of the molecule is Cc1[nH]n(-c2ccccc2)c(=O)c1C(C#N)=C(c1ccccc1)c1ccccc1. The molecule has 0 bridgehead atoms. The highest BCUT2D eigenvalue weighted by molar-refractivity contribution is 6.03. The van der Waals surface area contributed by atoms with Crippen LogP contribution in [0.15, 0.2) is 95.8 Å². The van der Waals surface area contributed by atoms with Gasteiger partial charge in [-0.05, 0) is 30.2 Å². The fraction of sp³-hybridized carbons (Fsp3) is 0.0400. The summed E-state index contributed by atoms with van der Waals surface area (Å²) < 4.78 is 1.48. The Hall–Kier alpha value is -4.10. The Labute approximate surface area is 169 Å². The van der Waals surface area contributed by atoms with Gasteiger partial charge in [0.15, 0.2) is 0 Å². The number of rotatable bonds is 4. The molecule has 29 heavy (non-hydrogen) atoms. The van der Waals surface area contributed by atoms with Gasteiger partial charge in [-0.15, -0.1) is 0 Å². The topological polar surface area (TPSA) is 61.6 Å². The normalized spacial score (nSPS) is 10.3. The molecule has 0 saturated heterocycles. The van der Waals surface area contributed by atoms with Crippen molar-refractivity contribution >= 4 is 11.1 Å². The van der Waals surface area contributed by atoms with Gasteiger partial charge in [0.05, 0.1) is 16.8 Å². The van der Waals surface area contributed by atoms with E-state index < -0.39 is 0 Å². The van der Waals surface area contributed by atoms with Crippen LogP contribution in [-0.2, 0) is 0 Å². The first-order valence-corrected chi connectivity index (χ1v) is 9.33. The molecule has 0 amide bonds. The standard InChI is InChI=1S/C25H19N3O/c1-18-23(25(29)28(27-18)21-15-9-4-10-16-21)22(17-26)24(19-11-5-2-6-12-19)20-13-7-3-8-14-20/h2-16,27H,1H3. The monoisotopic (exact) mass is 377 g/mol. The zero-order chi connectivity index (χ0) is 20.2. The zero-order valence-corrected chi connectivity index (χ0v) is 16.0. The summed E-state index contributed by atoms with van der Waals surface area (Å²) >= 11 is 0. The van der Waals surface area contributed by atoms with Crippen LogP contribution in [0.4, 0.5) is 0 Å². The van der Waals surface area contributed by atoms with E-state index in [-0.39, 0.29) is 5.56 Å². The molecule has 0 aliphatic rings. The van der Waals surface area contributed by atoms with Crippen LogP contribution < -0.4 is 5.56 Å². The molecule has 1 heterocycles. The van der Waals surface area contributed by atoms with Gasteiger partial charge in [-0.2, -0.15) is 5.26 Å². The van der Waals surface area contributed by atoms with E-state index in [4.69, 9.17) is 0 Å². The van der Waals surface area contributed by atoms with E-state index in [1.807, 2.05) is 97.9 Å². The van der Waals surface area contributed by atoms with Crippen molar-refractivity contribution < 1.29 is 0 Å². The summed E-state index contributed by atoms with van der Waals surface area (Å²) in [5, 5.41) is 13.3. The second-order valence-electron chi connectivity index (χ2n) is 6.68. The third-order valence-corrected chi connectivity index (χ3v) is 4.82. The van der Waals surface area contributed by atoms with Crippen molar-refractivity contribution in [3.8, 4) is 11.8 Å². The lowest BCUT2D eigenvalue weighted by atomic mass is 9.90. The molecule has 0 fully saturated rings. The molecular formula is C25H19N3O. The summed E-state index contributed by atoms with van der Waals surface area (Å²) in [5.41, 5.74) is 4.41. The first kappa shape index (κ1) is 18.3. The molecule has 4 nitrogen and oxygen atoms in total. The predicted molar refractivity (Wildman–Crippen MR) is 116 cm³/mol. The highest BCUT2D eigenvalue weighted by Gasteiger charge is 2.21. The molecule has 4 heteroatoms. The van der Waals surface area contributed by atoms with Crippen molar-refractivity contribution in [2.45, 2.75) is 6.92 Å². The number of aromatic amines is 1. The molecule has 140 valence electrons. The average Bonchev–Trinajstić information content (AvgIpc) is 3.07. The zero-order valence-electron chi connectivity index (χ0n) is 16.0. The van der Waals surface area contributed by atoms with E-state index >= 15 is 0 Å². The molecule has 3 aromatic carbocycles. The molecule has 0 unspecified atom stereocenters. The Morgan fingerprint density at radius 3 is 1.79 bits per heavy atom. The summed E-state index contributed by atoms with van der Waals surface area (Å²) in [6, 6.07) is 31.1. The first-order chi connectivity index (χ1) is 14.2. The fourth-order valence-corrected chi connectivity index (χ4v) is 3.50. The maximum atomic E-state index is 13.3. The lowest BCUT2D eigenvalue weighted by molar-refractivity contribution is 0.835. The Balaban J connectivity index is 2.03. The molecule has 1 N–H and O–H groups in total. The fourth-order valence-electron chi connectivity index (χ4n) is 3.50. The highest BCUT2D eigenvalue weighted by Crippen LogP contribution is 2.32. The van der Waals surface area contributed by atoms with Crippen molar-refractivity contribution in [1.29, 1.82) is 5.26 Å². The molecule has 0 aliphatic heterocycles. The van der Waals surface area contributed by atoms with Gasteiger partial charge in [0.2, 0.25) is 0 Å². The van der Waals surface area contributed by atoms with Gasteiger partial charge in [-0.1, -0.05) is 78.9 Å². The van der Waals surface area contributed by atoms with Gasteiger partial charge >= 0.3 is 0 Å². The molecule has 0 spiro atoms. The van der Waals surface area contributed by atoms with E-state index in [0.29, 0.717) is 16.8 Å². The van der Waals surface area contributed by atoms with Crippen LogP contribution in [0.3, 0.4) is 0 Å². The summed E-state index contributed by atoms with van der Waals surface area (Å²) in [6.07, 6.45) is 0. The Morgan fingerprint density at radius 2 is 1.31 bits per heavy atom. The van der Waals surface area contributed by atoms with Crippen molar-refractivity contribution in [2.75, 3.05) is 0 Å². The minimum absolute atomic E-state index is 0.241. The number of H-pyrrole nitrogens is 1. The second kappa shape index (κ2) is 7.87. The molecule has 4 aromatic rings. The molecule has 0 atom stereocenters. The van der Waals surface area contributed by atoms with Crippen molar-refractivity contribution in [2.24, 2.45) is 0 Å². The third-order valence-electron chi connectivity index (χ3n) is 4.82. The molecule has 0 radical (unpaired) electrons. The smallest absolute Gasteiger partial charge is 0.280 e. The van der Waals surface area contributed by atoms with E-state index in [0.717, 1.165) is 22.4 Å². The van der Waals surface area contributed by atoms with Gasteiger partial charge in [0.1, 0.15) is 6.07 Å². The van der Waals surface area contributed by atoms with Gasteiger partial charge in [-0.25, -0.2) is 4.68 Å². The van der Waals surface area contributed by atoms with Gasteiger partial charge in [-0.3, -0.25) is 9.89 Å².